The molecule has 0 atom stereocenters. The third kappa shape index (κ3) is 3.55. The number of hydrogen-bond donors (Lipinski definition) is 2. The highest BCUT2D eigenvalue weighted by molar-refractivity contribution is 5.92. The predicted octanol–water partition coefficient (Wildman–Crippen LogP) is 1.35. The molecule has 4 nitrogen and oxygen atoms in total. The van der Waals surface area contributed by atoms with Crippen molar-refractivity contribution in [3.63, 3.8) is 0 Å². The van der Waals surface area contributed by atoms with Crippen molar-refractivity contribution in [3.8, 4) is 5.75 Å². The first-order valence-electron chi connectivity index (χ1n) is 5.35. The summed E-state index contributed by atoms with van der Waals surface area (Å²) in [5.74, 6) is 0.292. The molecular weight excluding hydrogens is 204 g/mol. The Morgan fingerprint density at radius 1 is 1.38 bits per heavy atom. The minimum atomic E-state index is 0.0842. The van der Waals surface area contributed by atoms with Crippen LogP contribution in [0.1, 0.15) is 12.8 Å². The lowest BCUT2D eigenvalue weighted by Crippen LogP contribution is -2.26. The van der Waals surface area contributed by atoms with Gasteiger partial charge in [0.25, 0.3) is 0 Å². The van der Waals surface area contributed by atoms with Gasteiger partial charge in [0.05, 0.1) is 0 Å². The zero-order valence-corrected chi connectivity index (χ0v) is 9.73. The number of phenolic OH excluding ortho intramolecular Hbond substituents is 1. The average Bonchev–Trinajstić information content (AvgIpc) is 2.29. The smallest absolute Gasteiger partial charge is 0.226 e. The van der Waals surface area contributed by atoms with Gasteiger partial charge in [-0.15, -0.1) is 0 Å². The Morgan fingerprint density at radius 3 is 2.56 bits per heavy atom. The highest BCUT2D eigenvalue weighted by Crippen LogP contribution is 2.17. The van der Waals surface area contributed by atoms with Crippen molar-refractivity contribution >= 4 is 11.6 Å². The van der Waals surface area contributed by atoms with Crippen LogP contribution in [0.4, 0.5) is 5.69 Å². The van der Waals surface area contributed by atoms with Gasteiger partial charge >= 0.3 is 0 Å². The van der Waals surface area contributed by atoms with Crippen LogP contribution >= 0.6 is 0 Å². The monoisotopic (exact) mass is 222 g/mol. The second-order valence-electron chi connectivity index (χ2n) is 3.68. The molecule has 16 heavy (non-hydrogen) atoms. The Hall–Kier alpha value is -1.55. The highest BCUT2D eigenvalue weighted by atomic mass is 16.3. The van der Waals surface area contributed by atoms with E-state index < -0.39 is 0 Å². The van der Waals surface area contributed by atoms with E-state index in [-0.39, 0.29) is 11.7 Å². The van der Waals surface area contributed by atoms with E-state index in [0.717, 1.165) is 18.7 Å². The van der Waals surface area contributed by atoms with Gasteiger partial charge in [-0.2, -0.15) is 0 Å². The molecule has 0 bridgehead atoms. The molecule has 0 spiro atoms. The standard InChI is InChI=1S/C12H18N2O2/c1-13-9-3-4-12(16)14(2)10-5-7-11(15)8-6-10/h5-8,13,15H,3-4,9H2,1-2H3. The van der Waals surface area contributed by atoms with Crippen molar-refractivity contribution < 1.29 is 9.90 Å². The van der Waals surface area contributed by atoms with Gasteiger partial charge in [-0.05, 0) is 44.3 Å². The number of nitrogens with zero attached hydrogens (tertiary/aromatic N) is 1. The second-order valence-corrected chi connectivity index (χ2v) is 3.68. The number of rotatable bonds is 5. The van der Waals surface area contributed by atoms with E-state index in [9.17, 15) is 4.79 Å². The molecule has 4 heteroatoms. The number of amides is 1. The molecule has 1 aromatic carbocycles. The van der Waals surface area contributed by atoms with E-state index >= 15 is 0 Å². The summed E-state index contributed by atoms with van der Waals surface area (Å²) < 4.78 is 0. The first-order valence-corrected chi connectivity index (χ1v) is 5.35. The van der Waals surface area contributed by atoms with Gasteiger partial charge in [-0.3, -0.25) is 4.79 Å². The fraction of sp³-hybridized carbons (Fsp3) is 0.417. The van der Waals surface area contributed by atoms with Crippen molar-refractivity contribution in [1.82, 2.24) is 5.32 Å². The molecule has 1 aromatic rings. The Morgan fingerprint density at radius 2 is 2.00 bits per heavy atom. The molecule has 0 heterocycles. The molecule has 0 unspecified atom stereocenters. The number of anilines is 1. The lowest BCUT2D eigenvalue weighted by Gasteiger charge is -2.17. The van der Waals surface area contributed by atoms with Crippen LogP contribution in [0.2, 0.25) is 0 Å². The SMILES string of the molecule is CNCCCC(=O)N(C)c1ccc(O)cc1. The lowest BCUT2D eigenvalue weighted by atomic mass is 10.2. The molecule has 0 fully saturated rings. The predicted molar refractivity (Wildman–Crippen MR) is 64.7 cm³/mol. The third-order valence-electron chi connectivity index (χ3n) is 2.43. The van der Waals surface area contributed by atoms with E-state index in [2.05, 4.69) is 5.32 Å². The van der Waals surface area contributed by atoms with Crippen LogP contribution in [0, 0.1) is 0 Å². The lowest BCUT2D eigenvalue weighted by molar-refractivity contribution is -0.118. The summed E-state index contributed by atoms with van der Waals surface area (Å²) in [4.78, 5) is 13.3. The average molecular weight is 222 g/mol. The molecule has 0 radical (unpaired) electrons. The van der Waals surface area contributed by atoms with Gasteiger partial charge in [0.1, 0.15) is 5.75 Å². The van der Waals surface area contributed by atoms with E-state index in [1.165, 1.54) is 0 Å². The Bertz CT molecular complexity index is 335. The number of carbonyl (C=O) groups is 1. The van der Waals surface area contributed by atoms with Gasteiger partial charge in [-0.25, -0.2) is 0 Å². The van der Waals surface area contributed by atoms with Crippen molar-refractivity contribution in [1.29, 1.82) is 0 Å². The van der Waals surface area contributed by atoms with Gasteiger partial charge in [-0.1, -0.05) is 0 Å². The normalized spacial score (nSPS) is 10.1. The summed E-state index contributed by atoms with van der Waals surface area (Å²) in [5.41, 5.74) is 0.798. The molecule has 0 saturated heterocycles. The summed E-state index contributed by atoms with van der Waals surface area (Å²) in [6.07, 6.45) is 1.36. The van der Waals surface area contributed by atoms with Crippen molar-refractivity contribution in [3.05, 3.63) is 24.3 Å². The van der Waals surface area contributed by atoms with Crippen molar-refractivity contribution in [2.75, 3.05) is 25.5 Å². The van der Waals surface area contributed by atoms with Crippen LogP contribution in [0.25, 0.3) is 0 Å². The highest BCUT2D eigenvalue weighted by Gasteiger charge is 2.09. The van der Waals surface area contributed by atoms with Gasteiger partial charge in [0.2, 0.25) is 5.91 Å². The summed E-state index contributed by atoms with van der Waals surface area (Å²) in [6.45, 7) is 0.842. The fourth-order valence-electron chi connectivity index (χ4n) is 1.40. The molecular formula is C12H18N2O2. The minimum Gasteiger partial charge on any atom is -0.508 e. The molecule has 88 valence electrons. The first kappa shape index (κ1) is 12.5. The number of hydrogen-bond acceptors (Lipinski definition) is 3. The van der Waals surface area contributed by atoms with Crippen LogP contribution in [0.5, 0.6) is 5.75 Å². The van der Waals surface area contributed by atoms with Gasteiger partial charge in [0, 0.05) is 19.2 Å². The molecule has 1 rings (SSSR count). The summed E-state index contributed by atoms with van der Waals surface area (Å²) in [7, 11) is 3.61. The summed E-state index contributed by atoms with van der Waals surface area (Å²) >= 11 is 0. The number of aromatic hydroxyl groups is 1. The maximum absolute atomic E-state index is 11.7. The number of carbonyl (C=O) groups excluding carboxylic acids is 1. The van der Waals surface area contributed by atoms with Gasteiger partial charge < -0.3 is 15.3 Å². The number of benzene rings is 1. The van der Waals surface area contributed by atoms with E-state index in [0.29, 0.717) is 6.42 Å². The zero-order chi connectivity index (χ0) is 12.0. The molecule has 0 aromatic heterocycles. The molecule has 1 amide bonds. The molecule has 2 N–H and O–H groups in total. The maximum atomic E-state index is 11.7. The molecule has 0 aliphatic rings. The number of phenols is 1. The Balaban J connectivity index is 2.53. The van der Waals surface area contributed by atoms with E-state index in [4.69, 9.17) is 5.11 Å². The quantitative estimate of drug-likeness (QED) is 0.739. The second kappa shape index (κ2) is 6.12. The molecule has 0 aliphatic carbocycles. The van der Waals surface area contributed by atoms with Crippen molar-refractivity contribution in [2.24, 2.45) is 0 Å². The van der Waals surface area contributed by atoms with Crippen LogP contribution < -0.4 is 10.2 Å². The van der Waals surface area contributed by atoms with Crippen LogP contribution in [0.3, 0.4) is 0 Å². The summed E-state index contributed by atoms with van der Waals surface area (Å²) in [5, 5.41) is 12.1. The largest absolute Gasteiger partial charge is 0.508 e. The number of nitrogens with one attached hydrogen (secondary N) is 1. The third-order valence-corrected chi connectivity index (χ3v) is 2.43. The first-order chi connectivity index (χ1) is 7.65. The Kier molecular flexibility index (Phi) is 4.79. The fourth-order valence-corrected chi connectivity index (χ4v) is 1.40. The molecule has 0 aliphatic heterocycles. The maximum Gasteiger partial charge on any atom is 0.226 e. The van der Waals surface area contributed by atoms with Crippen LogP contribution in [-0.2, 0) is 4.79 Å². The molecule has 0 saturated carbocycles. The van der Waals surface area contributed by atoms with Crippen molar-refractivity contribution in [2.45, 2.75) is 12.8 Å². The van der Waals surface area contributed by atoms with E-state index in [1.807, 2.05) is 7.05 Å². The summed E-state index contributed by atoms with van der Waals surface area (Å²) in [6, 6.07) is 6.61. The van der Waals surface area contributed by atoms with Gasteiger partial charge in [0.15, 0.2) is 0 Å². The topological polar surface area (TPSA) is 52.6 Å². The van der Waals surface area contributed by atoms with Crippen LogP contribution in [-0.4, -0.2) is 31.7 Å². The van der Waals surface area contributed by atoms with Crippen LogP contribution in [0.15, 0.2) is 24.3 Å². The van der Waals surface area contributed by atoms with E-state index in [1.54, 1.807) is 36.2 Å². The minimum absolute atomic E-state index is 0.0842. The Labute approximate surface area is 95.9 Å². The zero-order valence-electron chi connectivity index (χ0n) is 9.73.